The van der Waals surface area contributed by atoms with Gasteiger partial charge in [0.2, 0.25) is 11.8 Å². The van der Waals surface area contributed by atoms with Gasteiger partial charge < -0.3 is 9.64 Å². The van der Waals surface area contributed by atoms with Crippen molar-refractivity contribution in [3.05, 3.63) is 11.8 Å². The molecule has 0 amide bonds. The van der Waals surface area contributed by atoms with Crippen LogP contribution in [0.2, 0.25) is 0 Å². The van der Waals surface area contributed by atoms with E-state index in [1.807, 2.05) is 32.7 Å². The molecule has 5 heteroatoms. The third-order valence-corrected chi connectivity index (χ3v) is 3.22. The van der Waals surface area contributed by atoms with Crippen molar-refractivity contribution in [2.45, 2.75) is 26.3 Å². The fourth-order valence-electron chi connectivity index (χ4n) is 1.14. The number of hydrogen-bond donors (Lipinski definition) is 0. The van der Waals surface area contributed by atoms with Gasteiger partial charge in [0.25, 0.3) is 0 Å². The van der Waals surface area contributed by atoms with Gasteiger partial charge in [0.15, 0.2) is 0 Å². The molecule has 1 rings (SSSR count). The summed E-state index contributed by atoms with van der Waals surface area (Å²) >= 11 is 5.92. The van der Waals surface area contributed by atoms with Crippen molar-refractivity contribution in [1.82, 2.24) is 9.97 Å². The van der Waals surface area contributed by atoms with Gasteiger partial charge in [-0.3, -0.25) is 0 Å². The highest BCUT2D eigenvalue weighted by Crippen LogP contribution is 2.22. The van der Waals surface area contributed by atoms with Gasteiger partial charge in [0.05, 0.1) is 12.6 Å². The van der Waals surface area contributed by atoms with Gasteiger partial charge in [-0.25, -0.2) is 4.98 Å². The van der Waals surface area contributed by atoms with Crippen molar-refractivity contribution >= 4 is 17.5 Å². The number of ether oxygens (including phenoxy) is 1. The second-order valence-electron chi connectivity index (χ2n) is 4.36. The summed E-state index contributed by atoms with van der Waals surface area (Å²) < 4.78 is 5.12. The van der Waals surface area contributed by atoms with Crippen LogP contribution in [0.4, 0.5) is 5.95 Å². The Bertz CT molecular complexity index is 368. The summed E-state index contributed by atoms with van der Waals surface area (Å²) in [5.74, 6) is 1.70. The number of alkyl halides is 1. The fourth-order valence-corrected chi connectivity index (χ4v) is 1.32. The van der Waals surface area contributed by atoms with Gasteiger partial charge in [-0.05, 0) is 20.8 Å². The normalized spacial score (nSPS) is 11.4. The van der Waals surface area contributed by atoms with Crippen LogP contribution in [0.3, 0.4) is 0 Å². The highest BCUT2D eigenvalue weighted by atomic mass is 35.5. The highest BCUT2D eigenvalue weighted by Gasteiger charge is 2.25. The lowest BCUT2D eigenvalue weighted by Crippen LogP contribution is -2.43. The molecule has 0 N–H and O–H groups in total. The summed E-state index contributed by atoms with van der Waals surface area (Å²) in [5.41, 5.74) is 0.680. The number of aryl methyl sites for hydroxylation is 1. The molecule has 0 aliphatic carbocycles. The number of nitrogens with zero attached hydrogens (tertiary/aromatic N) is 3. The summed E-state index contributed by atoms with van der Waals surface area (Å²) in [4.78, 5) is 10.6. The molecule has 0 radical (unpaired) electrons. The average Bonchev–Trinajstić information content (AvgIpc) is 2.27. The summed E-state index contributed by atoms with van der Waals surface area (Å²) in [6.07, 6.45) is 0. The van der Waals surface area contributed by atoms with Crippen LogP contribution in [0.25, 0.3) is 0 Å². The zero-order chi connectivity index (χ0) is 12.3. The number of hydrogen-bond acceptors (Lipinski definition) is 4. The monoisotopic (exact) mass is 243 g/mol. The molecule has 0 saturated carbocycles. The lowest BCUT2D eigenvalue weighted by atomic mass is 10.1. The molecule has 0 aromatic carbocycles. The second-order valence-corrected chi connectivity index (χ2v) is 4.62. The molecular formula is C11H18ClN3O. The molecule has 0 aliphatic heterocycles. The lowest BCUT2D eigenvalue weighted by Gasteiger charge is -2.34. The van der Waals surface area contributed by atoms with E-state index < -0.39 is 0 Å². The van der Waals surface area contributed by atoms with Crippen molar-refractivity contribution in [2.75, 3.05) is 24.9 Å². The fraction of sp³-hybridized carbons (Fsp3) is 0.636. The Labute approximate surface area is 102 Å². The van der Waals surface area contributed by atoms with Crippen molar-refractivity contribution in [3.63, 3.8) is 0 Å². The minimum Gasteiger partial charge on any atom is -0.481 e. The summed E-state index contributed by atoms with van der Waals surface area (Å²) in [5, 5.41) is 0. The van der Waals surface area contributed by atoms with Crippen LogP contribution in [-0.2, 0) is 0 Å². The minimum atomic E-state index is -0.194. The summed E-state index contributed by atoms with van der Waals surface area (Å²) in [6, 6.07) is 1.80. The standard InChI is InChI=1S/C11H18ClN3O/c1-8-6-9(16-5)14-10(13-8)15(4)11(2,3)7-12/h6H,7H2,1-5H3. The molecule has 1 heterocycles. The van der Waals surface area contributed by atoms with E-state index in [0.717, 1.165) is 5.69 Å². The van der Waals surface area contributed by atoms with Crippen LogP contribution >= 0.6 is 11.6 Å². The van der Waals surface area contributed by atoms with Gasteiger partial charge in [-0.15, -0.1) is 11.6 Å². The molecule has 0 bridgehead atoms. The first-order valence-electron chi connectivity index (χ1n) is 5.10. The Morgan fingerprint density at radius 1 is 1.44 bits per heavy atom. The predicted octanol–water partition coefficient (Wildman–Crippen LogP) is 2.25. The zero-order valence-corrected chi connectivity index (χ0v) is 11.2. The summed E-state index contributed by atoms with van der Waals surface area (Å²) in [7, 11) is 3.52. The quantitative estimate of drug-likeness (QED) is 0.761. The Kier molecular flexibility index (Phi) is 3.97. The van der Waals surface area contributed by atoms with Crippen LogP contribution in [-0.4, -0.2) is 35.5 Å². The van der Waals surface area contributed by atoms with Crippen molar-refractivity contribution < 1.29 is 4.74 Å². The van der Waals surface area contributed by atoms with Gasteiger partial charge in [0.1, 0.15) is 0 Å². The Morgan fingerprint density at radius 2 is 2.06 bits per heavy atom. The smallest absolute Gasteiger partial charge is 0.229 e. The largest absolute Gasteiger partial charge is 0.481 e. The van der Waals surface area contributed by atoms with E-state index in [-0.39, 0.29) is 5.54 Å². The van der Waals surface area contributed by atoms with E-state index in [1.54, 1.807) is 13.2 Å². The Morgan fingerprint density at radius 3 is 2.56 bits per heavy atom. The zero-order valence-electron chi connectivity index (χ0n) is 10.4. The summed E-state index contributed by atoms with van der Waals surface area (Å²) in [6.45, 7) is 5.99. The molecule has 0 unspecified atom stereocenters. The maximum absolute atomic E-state index is 5.92. The van der Waals surface area contributed by atoms with Crippen LogP contribution in [0.5, 0.6) is 5.88 Å². The SMILES string of the molecule is COc1cc(C)nc(N(C)C(C)(C)CCl)n1. The third-order valence-electron chi connectivity index (χ3n) is 2.56. The first kappa shape index (κ1) is 13.0. The Hall–Kier alpha value is -1.03. The molecule has 4 nitrogen and oxygen atoms in total. The van der Waals surface area contributed by atoms with Crippen LogP contribution in [0.1, 0.15) is 19.5 Å². The van der Waals surface area contributed by atoms with Crippen molar-refractivity contribution in [1.29, 1.82) is 0 Å². The third kappa shape index (κ3) is 2.76. The van der Waals surface area contributed by atoms with Crippen LogP contribution < -0.4 is 9.64 Å². The molecule has 0 spiro atoms. The number of rotatable bonds is 4. The van der Waals surface area contributed by atoms with Gasteiger partial charge in [-0.1, -0.05) is 0 Å². The minimum absolute atomic E-state index is 0.194. The molecule has 1 aromatic heterocycles. The molecule has 16 heavy (non-hydrogen) atoms. The maximum atomic E-state index is 5.92. The van der Waals surface area contributed by atoms with Crippen LogP contribution in [0, 0.1) is 6.92 Å². The predicted molar refractivity (Wildman–Crippen MR) is 66.5 cm³/mol. The molecule has 0 fully saturated rings. The maximum Gasteiger partial charge on any atom is 0.229 e. The lowest BCUT2D eigenvalue weighted by molar-refractivity contribution is 0.395. The molecule has 0 atom stereocenters. The molecule has 90 valence electrons. The number of anilines is 1. The van der Waals surface area contributed by atoms with Gasteiger partial charge >= 0.3 is 0 Å². The van der Waals surface area contributed by atoms with E-state index >= 15 is 0 Å². The first-order valence-corrected chi connectivity index (χ1v) is 5.63. The number of halogens is 1. The van der Waals surface area contributed by atoms with Crippen molar-refractivity contribution in [2.24, 2.45) is 0 Å². The molecule has 0 saturated heterocycles. The first-order chi connectivity index (χ1) is 7.40. The number of methoxy groups -OCH3 is 1. The van der Waals surface area contributed by atoms with Crippen molar-refractivity contribution in [3.8, 4) is 5.88 Å². The van der Waals surface area contributed by atoms with E-state index in [4.69, 9.17) is 16.3 Å². The topological polar surface area (TPSA) is 38.2 Å². The van der Waals surface area contributed by atoms with E-state index in [2.05, 4.69) is 9.97 Å². The molecular weight excluding hydrogens is 226 g/mol. The number of aromatic nitrogens is 2. The van der Waals surface area contributed by atoms with Crippen LogP contribution in [0.15, 0.2) is 6.07 Å². The molecule has 0 aliphatic rings. The van der Waals surface area contributed by atoms with E-state index in [0.29, 0.717) is 17.7 Å². The second kappa shape index (κ2) is 4.87. The van der Waals surface area contributed by atoms with E-state index in [9.17, 15) is 0 Å². The Balaban J connectivity index is 3.08. The molecule has 1 aromatic rings. The average molecular weight is 244 g/mol. The highest BCUT2D eigenvalue weighted by molar-refractivity contribution is 6.18. The van der Waals surface area contributed by atoms with Gasteiger partial charge in [0, 0.05) is 24.7 Å². The van der Waals surface area contributed by atoms with E-state index in [1.165, 1.54) is 0 Å². The van der Waals surface area contributed by atoms with Gasteiger partial charge in [-0.2, -0.15) is 4.98 Å².